The van der Waals surface area contributed by atoms with E-state index < -0.39 is 76.0 Å². The molecule has 0 aromatic heterocycles. The molecule has 30 heavy (non-hydrogen) atoms. The number of aliphatic hydroxyl groups excluding tert-OH is 3. The Bertz CT molecular complexity index is 1110. The maximum absolute atomic E-state index is 13.4. The summed E-state index contributed by atoms with van der Waals surface area (Å²) in [6.45, 7) is 1.67. The highest BCUT2D eigenvalue weighted by Crippen LogP contribution is 2.56. The second-order valence-corrected chi connectivity index (χ2v) is 8.70. The number of aromatic hydroxyl groups is 1. The van der Waals surface area contributed by atoms with E-state index in [0.29, 0.717) is 5.56 Å². The largest absolute Gasteiger partial charge is 0.508 e. The van der Waals surface area contributed by atoms with E-state index in [0.717, 1.165) is 0 Å². The van der Waals surface area contributed by atoms with Crippen molar-refractivity contribution >= 4 is 39.2 Å². The van der Waals surface area contributed by atoms with Gasteiger partial charge < -0.3 is 31.3 Å². The van der Waals surface area contributed by atoms with Crippen molar-refractivity contribution in [1.82, 2.24) is 0 Å². The Balaban J connectivity index is 2.03. The predicted molar refractivity (Wildman–Crippen MR) is 105 cm³/mol. The molecule has 0 radical (unpaired) electrons. The van der Waals surface area contributed by atoms with Crippen molar-refractivity contribution in [3.63, 3.8) is 0 Å². The number of phenolic OH excluding ortho intramolecular Hbond substituents is 1. The van der Waals surface area contributed by atoms with Crippen LogP contribution in [0.5, 0.6) is 5.75 Å². The number of fused-ring (bicyclic) bond motifs is 3. The summed E-state index contributed by atoms with van der Waals surface area (Å²) in [5, 5.41) is 54.0. The normalized spacial score (nSPS) is 33.2. The molecule has 1 fully saturated rings. The van der Waals surface area contributed by atoms with Gasteiger partial charge in [0.2, 0.25) is 5.78 Å². The second-order valence-electron chi connectivity index (χ2n) is 7.84. The van der Waals surface area contributed by atoms with Gasteiger partial charge in [0, 0.05) is 23.8 Å². The lowest BCUT2D eigenvalue weighted by Crippen LogP contribution is -2.63. The Labute approximate surface area is 178 Å². The maximum Gasteiger partial charge on any atom is 0.255 e. The third-order valence-electron chi connectivity index (χ3n) is 6.45. The van der Waals surface area contributed by atoms with Gasteiger partial charge in [-0.3, -0.25) is 14.4 Å². The quantitative estimate of drug-likeness (QED) is 0.318. The zero-order valence-corrected chi connectivity index (χ0v) is 17.2. The molecular weight excluding hydrogens is 462 g/mol. The SMILES string of the molecule is C[C@H]1c2ccc(Br)c(O)c2C(O)=C2C(=O)[C@]3(O)C(O)=C(C(N)=O)C(=O)C[C@@H]3[C@@H](O)[C@@H]21. The van der Waals surface area contributed by atoms with Gasteiger partial charge in [-0.25, -0.2) is 0 Å². The van der Waals surface area contributed by atoms with Crippen molar-refractivity contribution in [2.45, 2.75) is 31.0 Å². The van der Waals surface area contributed by atoms with Gasteiger partial charge >= 0.3 is 0 Å². The van der Waals surface area contributed by atoms with Crippen LogP contribution >= 0.6 is 15.9 Å². The first-order valence-electron chi connectivity index (χ1n) is 9.11. The average molecular weight is 480 g/mol. The van der Waals surface area contributed by atoms with Crippen molar-refractivity contribution in [2.24, 2.45) is 17.6 Å². The molecule has 158 valence electrons. The van der Waals surface area contributed by atoms with Crippen LogP contribution in [0.4, 0.5) is 0 Å². The van der Waals surface area contributed by atoms with Gasteiger partial charge in [-0.15, -0.1) is 0 Å². The number of carbonyl (C=O) groups is 3. The number of hydrogen-bond acceptors (Lipinski definition) is 8. The fourth-order valence-corrected chi connectivity index (χ4v) is 5.30. The maximum atomic E-state index is 13.4. The third kappa shape index (κ3) is 2.32. The molecular formula is C20H18BrNO8. The number of aliphatic hydroxyl groups is 4. The van der Waals surface area contributed by atoms with Crippen LogP contribution in [-0.4, -0.2) is 54.7 Å². The van der Waals surface area contributed by atoms with E-state index in [9.17, 15) is 39.9 Å². The molecule has 0 unspecified atom stereocenters. The van der Waals surface area contributed by atoms with Gasteiger partial charge in [0.05, 0.1) is 16.1 Å². The van der Waals surface area contributed by atoms with E-state index in [1.807, 2.05) is 0 Å². The predicted octanol–water partition coefficient (Wildman–Crippen LogP) is 0.718. The van der Waals surface area contributed by atoms with Crippen molar-refractivity contribution in [1.29, 1.82) is 0 Å². The monoisotopic (exact) mass is 479 g/mol. The summed E-state index contributed by atoms with van der Waals surface area (Å²) in [7, 11) is 0. The van der Waals surface area contributed by atoms with E-state index in [4.69, 9.17) is 5.73 Å². The Morgan fingerprint density at radius 1 is 1.23 bits per heavy atom. The Kier molecular flexibility index (Phi) is 4.39. The fraction of sp³-hybridized carbons (Fsp3) is 0.350. The lowest BCUT2D eigenvalue weighted by atomic mass is 9.55. The lowest BCUT2D eigenvalue weighted by Gasteiger charge is -2.50. The number of nitrogens with two attached hydrogens (primary N) is 1. The smallest absolute Gasteiger partial charge is 0.255 e. The van der Waals surface area contributed by atoms with Gasteiger partial charge in [0.15, 0.2) is 11.4 Å². The van der Waals surface area contributed by atoms with E-state index >= 15 is 0 Å². The Morgan fingerprint density at radius 3 is 2.47 bits per heavy atom. The summed E-state index contributed by atoms with van der Waals surface area (Å²) >= 11 is 3.14. The van der Waals surface area contributed by atoms with E-state index in [1.165, 1.54) is 0 Å². The summed E-state index contributed by atoms with van der Waals surface area (Å²) in [5.74, 6) is -8.69. The topological polar surface area (TPSA) is 178 Å². The number of hydrogen-bond donors (Lipinski definition) is 6. The highest BCUT2D eigenvalue weighted by atomic mass is 79.9. The number of rotatable bonds is 1. The minimum absolute atomic E-state index is 0.0452. The summed E-state index contributed by atoms with van der Waals surface area (Å²) in [4.78, 5) is 37.3. The molecule has 1 amide bonds. The number of phenols is 1. The summed E-state index contributed by atoms with van der Waals surface area (Å²) in [5.41, 5.74) is 1.40. The molecule has 3 aliphatic rings. The molecule has 0 saturated heterocycles. The first-order chi connectivity index (χ1) is 13.9. The zero-order chi connectivity index (χ0) is 22.3. The molecule has 0 heterocycles. The summed E-state index contributed by atoms with van der Waals surface area (Å²) in [6.07, 6.45) is -2.12. The minimum Gasteiger partial charge on any atom is -0.508 e. The molecule has 5 atom stereocenters. The van der Waals surface area contributed by atoms with Gasteiger partial charge in [0.1, 0.15) is 22.8 Å². The summed E-state index contributed by atoms with van der Waals surface area (Å²) in [6, 6.07) is 3.16. The van der Waals surface area contributed by atoms with Crippen LogP contribution in [0.1, 0.15) is 30.4 Å². The van der Waals surface area contributed by atoms with Gasteiger partial charge in [0.25, 0.3) is 5.91 Å². The van der Waals surface area contributed by atoms with Crippen LogP contribution in [0.2, 0.25) is 0 Å². The number of amides is 1. The van der Waals surface area contributed by atoms with Gasteiger partial charge in [-0.1, -0.05) is 13.0 Å². The molecule has 1 saturated carbocycles. The molecule has 7 N–H and O–H groups in total. The van der Waals surface area contributed by atoms with Crippen molar-refractivity contribution in [2.75, 3.05) is 0 Å². The Hall–Kier alpha value is -2.69. The number of benzene rings is 1. The first-order valence-corrected chi connectivity index (χ1v) is 9.90. The number of Topliss-reactive ketones (excluding diaryl/α,β-unsaturated/α-hetero) is 2. The molecule has 0 aliphatic heterocycles. The van der Waals surface area contributed by atoms with Crippen LogP contribution in [0.25, 0.3) is 5.76 Å². The average Bonchev–Trinajstić information content (AvgIpc) is 2.67. The van der Waals surface area contributed by atoms with E-state index in [1.54, 1.807) is 19.1 Å². The molecule has 4 rings (SSSR count). The molecule has 10 heteroatoms. The third-order valence-corrected chi connectivity index (χ3v) is 7.09. The molecule has 3 aliphatic carbocycles. The first kappa shape index (κ1) is 20.6. The van der Waals surface area contributed by atoms with Gasteiger partial charge in [-0.2, -0.15) is 0 Å². The van der Waals surface area contributed by atoms with Gasteiger partial charge in [-0.05, 0) is 33.5 Å². The molecule has 9 nitrogen and oxygen atoms in total. The highest BCUT2D eigenvalue weighted by Gasteiger charge is 2.64. The number of ketones is 2. The lowest BCUT2D eigenvalue weighted by molar-refractivity contribution is -0.160. The van der Waals surface area contributed by atoms with Crippen molar-refractivity contribution < 1.29 is 39.9 Å². The fourth-order valence-electron chi connectivity index (χ4n) is 4.97. The highest BCUT2D eigenvalue weighted by molar-refractivity contribution is 9.10. The van der Waals surface area contributed by atoms with Crippen molar-refractivity contribution in [3.05, 3.63) is 44.6 Å². The van der Waals surface area contributed by atoms with E-state index in [-0.39, 0.29) is 15.8 Å². The van der Waals surface area contributed by atoms with Crippen LogP contribution in [-0.2, 0) is 14.4 Å². The standard InChI is InChI=1S/C20H18BrNO8/c1-5-6-2-3-8(21)15(25)11(6)16(26)13-10(5)14(24)7-4-9(23)12(19(22)29)17(27)20(7,30)18(13)28/h2-3,5,7,10,14,24-27,30H,4H2,1H3,(H2,22,29)/t5-,7+,10+,14+,20+/m0/s1. The van der Waals surface area contributed by atoms with Crippen molar-refractivity contribution in [3.8, 4) is 5.75 Å². The Morgan fingerprint density at radius 2 is 1.87 bits per heavy atom. The zero-order valence-electron chi connectivity index (χ0n) is 15.6. The van der Waals surface area contributed by atoms with E-state index in [2.05, 4.69) is 15.9 Å². The molecule has 1 aromatic rings. The van der Waals surface area contributed by atoms with Crippen LogP contribution in [0.3, 0.4) is 0 Å². The number of halogens is 1. The number of primary amides is 1. The minimum atomic E-state index is -2.82. The van der Waals surface area contributed by atoms with Crippen LogP contribution in [0.15, 0.2) is 33.5 Å². The molecule has 0 spiro atoms. The molecule has 1 aromatic carbocycles. The van der Waals surface area contributed by atoms with Crippen LogP contribution in [0, 0.1) is 11.8 Å². The summed E-state index contributed by atoms with van der Waals surface area (Å²) < 4.78 is 0.251. The second kappa shape index (κ2) is 6.40. The van der Waals surface area contributed by atoms with Crippen LogP contribution < -0.4 is 5.73 Å². The number of carbonyl (C=O) groups excluding carboxylic acids is 3. The molecule has 0 bridgehead atoms.